The molecule has 0 fully saturated rings. The van der Waals surface area contributed by atoms with Crippen molar-refractivity contribution in [3.63, 3.8) is 0 Å². The molecule has 2 unspecified atom stereocenters. The van der Waals surface area contributed by atoms with Gasteiger partial charge in [-0.1, -0.05) is 31.2 Å². The van der Waals surface area contributed by atoms with Crippen molar-refractivity contribution >= 4 is 5.91 Å². The first-order valence-electron chi connectivity index (χ1n) is 12.3. The van der Waals surface area contributed by atoms with E-state index in [1.807, 2.05) is 12.1 Å². The normalized spacial score (nSPS) is 12.6. The molecule has 0 bridgehead atoms. The van der Waals surface area contributed by atoms with Crippen LogP contribution in [-0.4, -0.2) is 43.4 Å². The quantitative estimate of drug-likeness (QED) is 0.302. The van der Waals surface area contributed by atoms with Gasteiger partial charge in [-0.3, -0.25) is 4.79 Å². The molecular formula is C29H34F2N2O4. The third-order valence-corrected chi connectivity index (χ3v) is 5.93. The Labute approximate surface area is 216 Å². The van der Waals surface area contributed by atoms with E-state index >= 15 is 0 Å². The highest BCUT2D eigenvalue weighted by Gasteiger charge is 2.22. The molecule has 37 heavy (non-hydrogen) atoms. The molecule has 0 saturated carbocycles. The maximum Gasteiger partial charge on any atom is 0.223 e. The van der Waals surface area contributed by atoms with E-state index in [-0.39, 0.29) is 31.9 Å². The predicted octanol–water partition coefficient (Wildman–Crippen LogP) is 4.18. The average Bonchev–Trinajstić information content (AvgIpc) is 2.88. The number of benzene rings is 3. The number of aliphatic hydroxyl groups excluding tert-OH is 1. The molecule has 0 aliphatic carbocycles. The van der Waals surface area contributed by atoms with Crippen LogP contribution in [0.2, 0.25) is 0 Å². The minimum Gasteiger partial charge on any atom is -0.497 e. The van der Waals surface area contributed by atoms with Gasteiger partial charge < -0.3 is 25.2 Å². The summed E-state index contributed by atoms with van der Waals surface area (Å²) in [6, 6.07) is 17.6. The summed E-state index contributed by atoms with van der Waals surface area (Å²) in [6.07, 6.45) is 0.0432. The molecular weight excluding hydrogens is 478 g/mol. The number of aliphatic hydroxyl groups is 1. The Balaban J connectivity index is 1.58. The Bertz CT molecular complexity index is 1120. The summed E-state index contributed by atoms with van der Waals surface area (Å²) >= 11 is 0. The summed E-state index contributed by atoms with van der Waals surface area (Å²) in [7, 11) is 1.57. The van der Waals surface area contributed by atoms with Crippen molar-refractivity contribution in [2.45, 2.75) is 44.9 Å². The molecule has 3 rings (SSSR count). The number of amides is 1. The van der Waals surface area contributed by atoms with E-state index in [0.717, 1.165) is 18.1 Å². The van der Waals surface area contributed by atoms with Crippen LogP contribution < -0.4 is 20.1 Å². The van der Waals surface area contributed by atoms with Crippen LogP contribution in [0.5, 0.6) is 11.5 Å². The average molecular weight is 513 g/mol. The van der Waals surface area contributed by atoms with Gasteiger partial charge in [-0.05, 0) is 65.9 Å². The second kappa shape index (κ2) is 14.3. The maximum absolute atomic E-state index is 13.7. The van der Waals surface area contributed by atoms with Gasteiger partial charge in [0.05, 0.1) is 32.3 Å². The van der Waals surface area contributed by atoms with E-state index in [1.165, 1.54) is 17.7 Å². The molecule has 3 N–H and O–H groups in total. The third kappa shape index (κ3) is 9.48. The Morgan fingerprint density at radius 2 is 1.62 bits per heavy atom. The molecule has 6 nitrogen and oxygen atoms in total. The van der Waals surface area contributed by atoms with E-state index in [4.69, 9.17) is 9.47 Å². The number of methoxy groups -OCH3 is 1. The number of rotatable bonds is 14. The summed E-state index contributed by atoms with van der Waals surface area (Å²) in [5, 5.41) is 16.9. The van der Waals surface area contributed by atoms with Gasteiger partial charge in [0.25, 0.3) is 0 Å². The van der Waals surface area contributed by atoms with Crippen molar-refractivity contribution in [2.75, 3.05) is 20.3 Å². The molecule has 2 atom stereocenters. The van der Waals surface area contributed by atoms with Crippen LogP contribution in [0.25, 0.3) is 0 Å². The Morgan fingerprint density at radius 1 is 0.946 bits per heavy atom. The van der Waals surface area contributed by atoms with Gasteiger partial charge in [0.1, 0.15) is 23.1 Å². The minimum atomic E-state index is -0.993. The maximum atomic E-state index is 13.7. The van der Waals surface area contributed by atoms with Gasteiger partial charge in [0.15, 0.2) is 0 Å². The summed E-state index contributed by atoms with van der Waals surface area (Å²) in [5.74, 6) is -0.475. The van der Waals surface area contributed by atoms with Crippen LogP contribution in [0.15, 0.2) is 66.7 Å². The molecule has 0 saturated heterocycles. The third-order valence-electron chi connectivity index (χ3n) is 5.93. The van der Waals surface area contributed by atoms with Crippen LogP contribution >= 0.6 is 0 Å². The smallest absolute Gasteiger partial charge is 0.223 e. The zero-order valence-corrected chi connectivity index (χ0v) is 21.2. The number of aryl methyl sites for hydroxylation is 1. The van der Waals surface area contributed by atoms with Crippen LogP contribution in [0, 0.1) is 11.6 Å². The van der Waals surface area contributed by atoms with E-state index in [0.29, 0.717) is 23.6 Å². The standard InChI is InChI=1S/C29H34F2N2O4/c1-3-20-5-4-6-21(13-20)18-32-19-28(34)27(16-22-14-23(30)17-24(31)15-22)33-29(35)11-12-37-26-9-7-25(36-2)8-10-26/h4-10,13-15,17,27-28,32,34H,3,11-12,16,18-19H2,1-2H3,(H,33,35). The van der Waals surface area contributed by atoms with Gasteiger partial charge in [-0.15, -0.1) is 0 Å². The molecule has 3 aromatic carbocycles. The Kier molecular flexibility index (Phi) is 10.9. The van der Waals surface area contributed by atoms with Gasteiger partial charge in [-0.25, -0.2) is 8.78 Å². The van der Waals surface area contributed by atoms with Crippen LogP contribution in [0.3, 0.4) is 0 Å². The number of hydrogen-bond acceptors (Lipinski definition) is 5. The fraction of sp³-hybridized carbons (Fsp3) is 0.345. The second-order valence-electron chi connectivity index (χ2n) is 8.80. The zero-order chi connectivity index (χ0) is 26.6. The highest BCUT2D eigenvalue weighted by Crippen LogP contribution is 2.17. The topological polar surface area (TPSA) is 79.8 Å². The molecule has 1 amide bonds. The van der Waals surface area contributed by atoms with E-state index in [1.54, 1.807) is 31.4 Å². The van der Waals surface area contributed by atoms with Crippen molar-refractivity contribution in [2.24, 2.45) is 0 Å². The van der Waals surface area contributed by atoms with Gasteiger partial charge >= 0.3 is 0 Å². The number of ether oxygens (including phenoxy) is 2. The Morgan fingerprint density at radius 3 is 2.30 bits per heavy atom. The number of carbonyl (C=O) groups is 1. The van der Waals surface area contributed by atoms with Crippen molar-refractivity contribution in [1.29, 1.82) is 0 Å². The van der Waals surface area contributed by atoms with Gasteiger partial charge in [0, 0.05) is 19.2 Å². The summed E-state index contributed by atoms with van der Waals surface area (Å²) in [6.45, 7) is 2.93. The fourth-order valence-corrected chi connectivity index (χ4v) is 3.94. The molecule has 0 radical (unpaired) electrons. The first kappa shape index (κ1) is 28.1. The summed E-state index contributed by atoms with van der Waals surface area (Å²) < 4.78 is 38.2. The lowest BCUT2D eigenvalue weighted by molar-refractivity contribution is -0.123. The SMILES string of the molecule is CCc1cccc(CNCC(O)C(Cc2cc(F)cc(F)c2)NC(=O)CCOc2ccc(OC)cc2)c1. The largest absolute Gasteiger partial charge is 0.497 e. The number of carbonyl (C=O) groups excluding carboxylic acids is 1. The number of hydrogen-bond donors (Lipinski definition) is 3. The van der Waals surface area contributed by atoms with E-state index in [9.17, 15) is 18.7 Å². The lowest BCUT2D eigenvalue weighted by Gasteiger charge is -2.25. The first-order valence-corrected chi connectivity index (χ1v) is 12.3. The van der Waals surface area contributed by atoms with Crippen LogP contribution in [-0.2, 0) is 24.2 Å². The van der Waals surface area contributed by atoms with Crippen molar-refractivity contribution in [3.8, 4) is 11.5 Å². The molecule has 8 heteroatoms. The van der Waals surface area contributed by atoms with E-state index in [2.05, 4.69) is 29.7 Å². The molecule has 0 spiro atoms. The number of nitrogens with one attached hydrogen (secondary N) is 2. The monoisotopic (exact) mass is 512 g/mol. The van der Waals surface area contributed by atoms with Crippen molar-refractivity contribution in [3.05, 3.63) is 95.1 Å². The highest BCUT2D eigenvalue weighted by atomic mass is 19.1. The van der Waals surface area contributed by atoms with Gasteiger partial charge in [-0.2, -0.15) is 0 Å². The lowest BCUT2D eigenvalue weighted by atomic mass is 10.00. The predicted molar refractivity (Wildman–Crippen MR) is 139 cm³/mol. The molecule has 198 valence electrons. The molecule has 0 aliphatic rings. The van der Waals surface area contributed by atoms with Crippen LogP contribution in [0.1, 0.15) is 30.0 Å². The van der Waals surface area contributed by atoms with Crippen molar-refractivity contribution in [1.82, 2.24) is 10.6 Å². The summed E-state index contributed by atoms with van der Waals surface area (Å²) in [5.41, 5.74) is 2.64. The summed E-state index contributed by atoms with van der Waals surface area (Å²) in [4.78, 5) is 12.6. The fourth-order valence-electron chi connectivity index (χ4n) is 3.94. The van der Waals surface area contributed by atoms with E-state index < -0.39 is 23.8 Å². The number of halogens is 2. The lowest BCUT2D eigenvalue weighted by Crippen LogP contribution is -2.48. The zero-order valence-electron chi connectivity index (χ0n) is 21.2. The second-order valence-corrected chi connectivity index (χ2v) is 8.80. The first-order chi connectivity index (χ1) is 17.9. The molecule has 0 aromatic heterocycles. The van der Waals surface area contributed by atoms with Crippen LogP contribution in [0.4, 0.5) is 8.78 Å². The Hall–Kier alpha value is -3.49. The highest BCUT2D eigenvalue weighted by molar-refractivity contribution is 5.76. The van der Waals surface area contributed by atoms with Crippen molar-refractivity contribution < 1.29 is 28.2 Å². The molecule has 0 heterocycles. The van der Waals surface area contributed by atoms with Gasteiger partial charge in [0.2, 0.25) is 5.91 Å². The molecule has 0 aliphatic heterocycles. The molecule has 3 aromatic rings. The minimum absolute atomic E-state index is 0.0456.